The van der Waals surface area contributed by atoms with Gasteiger partial charge in [0.25, 0.3) is 0 Å². The Hall–Kier alpha value is -2.94. The number of nitrogens with zero attached hydrogens (tertiary/aromatic N) is 4. The lowest BCUT2D eigenvalue weighted by molar-refractivity contribution is 0.278. The zero-order chi connectivity index (χ0) is 23.3. The summed E-state index contributed by atoms with van der Waals surface area (Å²) in [6.45, 7) is 1.45. The Morgan fingerprint density at radius 1 is 1.03 bits per heavy atom. The lowest BCUT2D eigenvalue weighted by atomic mass is 10.1. The lowest BCUT2D eigenvalue weighted by Crippen LogP contribution is -2.39. The second-order valence-corrected chi connectivity index (χ2v) is 11.0. The van der Waals surface area contributed by atoms with E-state index in [1.54, 1.807) is 28.7 Å². The van der Waals surface area contributed by atoms with Crippen LogP contribution >= 0.6 is 11.6 Å². The van der Waals surface area contributed by atoms with Gasteiger partial charge < -0.3 is 9.30 Å². The standard InChI is InChI=1S/C25H23ClN4O3S/c26-21-5-2-1-4-20(21)24-28-22-6-3-12-27-25(22)30(24)18-9-13-29(14-10-18)34(31,32)19-7-8-23-17(16-19)11-15-33-23/h1-8,12,16,18H,9-11,13-15H2. The molecule has 6 rings (SSSR count). The maximum absolute atomic E-state index is 13.4. The molecule has 7 nitrogen and oxygen atoms in total. The van der Waals surface area contributed by atoms with E-state index in [-0.39, 0.29) is 6.04 Å². The zero-order valence-corrected chi connectivity index (χ0v) is 20.0. The molecule has 9 heteroatoms. The van der Waals surface area contributed by atoms with Gasteiger partial charge in [-0.15, -0.1) is 0 Å². The summed E-state index contributed by atoms with van der Waals surface area (Å²) < 4.78 is 36.0. The molecule has 34 heavy (non-hydrogen) atoms. The van der Waals surface area contributed by atoms with Crippen molar-refractivity contribution in [1.29, 1.82) is 0 Å². The number of halogens is 1. The first-order chi connectivity index (χ1) is 16.5. The maximum atomic E-state index is 13.4. The van der Waals surface area contributed by atoms with Gasteiger partial charge in [0.05, 0.1) is 16.5 Å². The highest BCUT2D eigenvalue weighted by atomic mass is 35.5. The molecule has 0 aliphatic carbocycles. The van der Waals surface area contributed by atoms with E-state index >= 15 is 0 Å². The summed E-state index contributed by atoms with van der Waals surface area (Å²) in [4.78, 5) is 9.77. The Morgan fingerprint density at radius 3 is 2.68 bits per heavy atom. The van der Waals surface area contributed by atoms with Gasteiger partial charge >= 0.3 is 0 Å². The van der Waals surface area contributed by atoms with Crippen LogP contribution in [0, 0.1) is 0 Å². The molecular formula is C25H23ClN4O3S. The van der Waals surface area contributed by atoms with Crippen LogP contribution in [0.4, 0.5) is 0 Å². The van der Waals surface area contributed by atoms with Crippen molar-refractivity contribution in [3.63, 3.8) is 0 Å². The third kappa shape index (κ3) is 3.57. The maximum Gasteiger partial charge on any atom is 0.243 e. The van der Waals surface area contributed by atoms with Crippen LogP contribution < -0.4 is 4.74 Å². The molecule has 0 bridgehead atoms. The molecule has 2 aliphatic rings. The minimum atomic E-state index is -3.57. The Balaban J connectivity index is 1.31. The highest BCUT2D eigenvalue weighted by Gasteiger charge is 2.33. The van der Waals surface area contributed by atoms with Crippen LogP contribution in [0.15, 0.2) is 65.7 Å². The molecule has 0 saturated carbocycles. The molecule has 2 aromatic heterocycles. The molecule has 4 aromatic rings. The minimum Gasteiger partial charge on any atom is -0.493 e. The Morgan fingerprint density at radius 2 is 1.85 bits per heavy atom. The van der Waals surface area contributed by atoms with Crippen molar-refractivity contribution in [2.45, 2.75) is 30.2 Å². The van der Waals surface area contributed by atoms with E-state index in [0.29, 0.717) is 42.5 Å². The van der Waals surface area contributed by atoms with Crippen molar-refractivity contribution in [2.75, 3.05) is 19.7 Å². The Labute approximate surface area is 203 Å². The third-order valence-electron chi connectivity index (χ3n) is 6.65. The number of benzene rings is 2. The Kier molecular flexibility index (Phi) is 5.32. The molecule has 1 saturated heterocycles. The number of imidazole rings is 1. The molecule has 2 aliphatic heterocycles. The van der Waals surface area contributed by atoms with Crippen molar-refractivity contribution in [3.8, 4) is 17.1 Å². The van der Waals surface area contributed by atoms with E-state index in [9.17, 15) is 8.42 Å². The molecule has 0 unspecified atom stereocenters. The van der Waals surface area contributed by atoms with Gasteiger partial charge in [0, 0.05) is 37.3 Å². The largest absolute Gasteiger partial charge is 0.493 e. The highest BCUT2D eigenvalue weighted by molar-refractivity contribution is 7.89. The quantitative estimate of drug-likeness (QED) is 0.410. The molecular weight excluding hydrogens is 472 g/mol. The van der Waals surface area contributed by atoms with E-state index in [4.69, 9.17) is 21.3 Å². The molecule has 0 amide bonds. The molecule has 4 heterocycles. The second kappa shape index (κ2) is 8.37. The first kappa shape index (κ1) is 21.6. The number of aromatic nitrogens is 3. The van der Waals surface area contributed by atoms with Crippen LogP contribution in [0.1, 0.15) is 24.4 Å². The average Bonchev–Trinajstić information content (AvgIpc) is 3.48. The van der Waals surface area contributed by atoms with E-state index in [2.05, 4.69) is 9.55 Å². The van der Waals surface area contributed by atoms with Crippen molar-refractivity contribution in [1.82, 2.24) is 18.8 Å². The van der Waals surface area contributed by atoms with Crippen LogP contribution in [-0.4, -0.2) is 47.0 Å². The number of piperidine rings is 1. The van der Waals surface area contributed by atoms with Crippen molar-refractivity contribution < 1.29 is 13.2 Å². The van der Waals surface area contributed by atoms with Crippen molar-refractivity contribution >= 4 is 32.8 Å². The summed E-state index contributed by atoms with van der Waals surface area (Å²) in [5, 5.41) is 0.625. The van der Waals surface area contributed by atoms with Gasteiger partial charge in [0.2, 0.25) is 10.0 Å². The van der Waals surface area contributed by atoms with Crippen LogP contribution in [-0.2, 0) is 16.4 Å². The molecule has 2 aromatic carbocycles. The predicted octanol–water partition coefficient (Wildman–Crippen LogP) is 4.71. The van der Waals surface area contributed by atoms with E-state index in [1.165, 1.54) is 0 Å². The Bertz CT molecular complexity index is 1490. The van der Waals surface area contributed by atoms with Crippen molar-refractivity contribution in [3.05, 3.63) is 71.4 Å². The lowest BCUT2D eigenvalue weighted by Gasteiger charge is -2.32. The molecule has 174 valence electrons. The second-order valence-electron chi connectivity index (χ2n) is 8.63. The number of hydrogen-bond donors (Lipinski definition) is 0. The zero-order valence-electron chi connectivity index (χ0n) is 18.4. The summed E-state index contributed by atoms with van der Waals surface area (Å²) in [5.41, 5.74) is 3.39. The average molecular weight is 495 g/mol. The van der Waals surface area contributed by atoms with Crippen LogP contribution in [0.5, 0.6) is 5.75 Å². The van der Waals surface area contributed by atoms with Crippen LogP contribution in [0.3, 0.4) is 0 Å². The van der Waals surface area contributed by atoms with Gasteiger partial charge in [0.1, 0.15) is 17.1 Å². The summed E-state index contributed by atoms with van der Waals surface area (Å²) >= 11 is 6.52. The normalized spacial score (nSPS) is 17.1. The topological polar surface area (TPSA) is 77.3 Å². The number of hydrogen-bond acceptors (Lipinski definition) is 5. The molecule has 0 atom stereocenters. The van der Waals surface area contributed by atoms with Gasteiger partial charge in [-0.2, -0.15) is 4.31 Å². The van der Waals surface area contributed by atoms with Gasteiger partial charge in [-0.05, 0) is 60.9 Å². The first-order valence-electron chi connectivity index (χ1n) is 11.4. The number of rotatable bonds is 4. The predicted molar refractivity (Wildman–Crippen MR) is 131 cm³/mol. The monoisotopic (exact) mass is 494 g/mol. The van der Waals surface area contributed by atoms with Gasteiger partial charge in [0.15, 0.2) is 5.65 Å². The molecule has 0 N–H and O–H groups in total. The number of fused-ring (bicyclic) bond motifs is 2. The van der Waals surface area contributed by atoms with Crippen LogP contribution in [0.2, 0.25) is 5.02 Å². The fraction of sp³-hybridized carbons (Fsp3) is 0.280. The summed E-state index contributed by atoms with van der Waals surface area (Å²) in [7, 11) is -3.57. The minimum absolute atomic E-state index is 0.0612. The van der Waals surface area contributed by atoms with Crippen LogP contribution in [0.25, 0.3) is 22.6 Å². The van der Waals surface area contributed by atoms with Gasteiger partial charge in [-0.25, -0.2) is 18.4 Å². The van der Waals surface area contributed by atoms with E-state index < -0.39 is 10.0 Å². The summed E-state index contributed by atoms with van der Waals surface area (Å²) in [6, 6.07) is 16.7. The van der Waals surface area contributed by atoms with Crippen molar-refractivity contribution in [2.24, 2.45) is 0 Å². The number of pyridine rings is 1. The SMILES string of the molecule is O=S(=O)(c1ccc2c(c1)CCO2)N1CCC(n2c(-c3ccccc3Cl)nc3cccnc32)CC1. The molecule has 0 radical (unpaired) electrons. The van der Waals surface area contributed by atoms with E-state index in [1.807, 2.05) is 36.4 Å². The van der Waals surface area contributed by atoms with Gasteiger partial charge in [-0.1, -0.05) is 23.7 Å². The highest BCUT2D eigenvalue weighted by Crippen LogP contribution is 2.36. The summed E-state index contributed by atoms with van der Waals surface area (Å²) in [6.07, 6.45) is 3.82. The number of sulfonamides is 1. The fourth-order valence-electron chi connectivity index (χ4n) is 4.92. The molecule has 1 fully saturated rings. The fourth-order valence-corrected chi connectivity index (χ4v) is 6.66. The smallest absolute Gasteiger partial charge is 0.243 e. The van der Waals surface area contributed by atoms with Gasteiger partial charge in [-0.3, -0.25) is 0 Å². The third-order valence-corrected chi connectivity index (χ3v) is 8.88. The first-order valence-corrected chi connectivity index (χ1v) is 13.2. The van der Waals surface area contributed by atoms with E-state index in [0.717, 1.165) is 40.3 Å². The number of ether oxygens (including phenoxy) is 1. The summed E-state index contributed by atoms with van der Waals surface area (Å²) in [5.74, 6) is 1.54. The molecule has 0 spiro atoms.